The van der Waals surface area contributed by atoms with Crippen molar-refractivity contribution in [2.45, 2.75) is 59.2 Å². The van der Waals surface area contributed by atoms with Crippen molar-refractivity contribution < 1.29 is 28.6 Å². The molecule has 1 heterocycles. The molecule has 0 atom stereocenters. The number of nitrogens with zero attached hydrogens (tertiary/aromatic N) is 2. The van der Waals surface area contributed by atoms with Crippen molar-refractivity contribution in [3.8, 4) is 0 Å². The molecule has 2 rings (SSSR count). The van der Waals surface area contributed by atoms with Gasteiger partial charge in [-0.15, -0.1) is 0 Å². The molecule has 0 bridgehead atoms. The van der Waals surface area contributed by atoms with Gasteiger partial charge in [-0.3, -0.25) is 4.79 Å². The number of amides is 2. The Morgan fingerprint density at radius 1 is 1.06 bits per heavy atom. The van der Waals surface area contributed by atoms with Crippen molar-refractivity contribution in [2.24, 2.45) is 5.92 Å². The van der Waals surface area contributed by atoms with E-state index in [9.17, 15) is 14.4 Å². The van der Waals surface area contributed by atoms with Crippen molar-refractivity contribution in [1.29, 1.82) is 0 Å². The Balaban J connectivity index is 1.81. The highest BCUT2D eigenvalue weighted by Gasteiger charge is 2.28. The average Bonchev–Trinajstić information content (AvgIpc) is 2.74. The number of carbonyl (C=O) groups is 3. The lowest BCUT2D eigenvalue weighted by Gasteiger charge is -2.35. The fourth-order valence-corrected chi connectivity index (χ4v) is 3.48. The van der Waals surface area contributed by atoms with Crippen LogP contribution in [0.1, 0.15) is 52.5 Å². The highest BCUT2D eigenvalue weighted by molar-refractivity contribution is 5.68. The summed E-state index contributed by atoms with van der Waals surface area (Å²) in [5.74, 6) is -0.0743. The quantitative estimate of drug-likeness (QED) is 0.336. The maximum Gasteiger partial charge on any atom is 0.410 e. The summed E-state index contributed by atoms with van der Waals surface area (Å²) in [6.45, 7) is 9.56. The summed E-state index contributed by atoms with van der Waals surface area (Å²) < 4.78 is 16.0. The Kier molecular flexibility index (Phi) is 9.81. The van der Waals surface area contributed by atoms with Crippen LogP contribution in [0.2, 0.25) is 0 Å². The van der Waals surface area contributed by atoms with E-state index in [-0.39, 0.29) is 37.3 Å². The van der Waals surface area contributed by atoms with Gasteiger partial charge in [-0.1, -0.05) is 30.3 Å². The van der Waals surface area contributed by atoms with Gasteiger partial charge in [0, 0.05) is 33.1 Å². The number of carbonyl (C=O) groups excluding carboxylic acids is 3. The molecule has 0 aliphatic carbocycles. The second-order valence-electron chi connectivity index (χ2n) is 9.09. The molecule has 1 aliphatic heterocycles. The molecule has 0 unspecified atom stereocenters. The van der Waals surface area contributed by atoms with E-state index in [0.717, 1.165) is 18.4 Å². The number of ether oxygens (including phenoxy) is 3. The second kappa shape index (κ2) is 12.3. The maximum atomic E-state index is 12.7. The van der Waals surface area contributed by atoms with Gasteiger partial charge in [-0.25, -0.2) is 9.59 Å². The molecule has 0 aromatic heterocycles. The molecule has 0 radical (unpaired) electrons. The third kappa shape index (κ3) is 9.58. The van der Waals surface area contributed by atoms with Crippen LogP contribution in [0.3, 0.4) is 0 Å². The minimum absolute atomic E-state index is 0.258. The molecule has 8 nitrogen and oxygen atoms in total. The Bertz CT molecular complexity index is 739. The summed E-state index contributed by atoms with van der Waals surface area (Å²) in [5.41, 5.74) is 0.370. The second-order valence-corrected chi connectivity index (χ2v) is 9.09. The van der Waals surface area contributed by atoms with E-state index >= 15 is 0 Å². The van der Waals surface area contributed by atoms with Crippen LogP contribution in [-0.2, 0) is 25.6 Å². The summed E-state index contributed by atoms with van der Waals surface area (Å²) in [6.07, 6.45) is 1.43. The SMILES string of the molecule is CC(=O)OCCCN(CC1CCN(C(=O)OCc2ccccc2)CC1)C(=O)OC(C)(C)C. The van der Waals surface area contributed by atoms with E-state index in [0.29, 0.717) is 32.6 Å². The fourth-order valence-electron chi connectivity index (χ4n) is 3.48. The van der Waals surface area contributed by atoms with Crippen LogP contribution >= 0.6 is 0 Å². The Morgan fingerprint density at radius 3 is 2.31 bits per heavy atom. The summed E-state index contributed by atoms with van der Waals surface area (Å²) in [6, 6.07) is 9.60. The lowest BCUT2D eigenvalue weighted by Crippen LogP contribution is -2.44. The van der Waals surface area contributed by atoms with E-state index in [1.807, 2.05) is 51.1 Å². The lowest BCUT2D eigenvalue weighted by atomic mass is 9.96. The number of esters is 1. The molecule has 1 aromatic rings. The number of hydrogen-bond donors (Lipinski definition) is 0. The summed E-state index contributed by atoms with van der Waals surface area (Å²) in [5, 5.41) is 0. The highest BCUT2D eigenvalue weighted by atomic mass is 16.6. The van der Waals surface area contributed by atoms with Gasteiger partial charge in [0.25, 0.3) is 0 Å². The smallest absolute Gasteiger partial charge is 0.410 e. The third-order valence-corrected chi connectivity index (χ3v) is 5.09. The molecule has 178 valence electrons. The number of hydrogen-bond acceptors (Lipinski definition) is 6. The zero-order chi connectivity index (χ0) is 23.6. The Hall–Kier alpha value is -2.77. The number of likely N-dealkylation sites (tertiary alicyclic amines) is 1. The first-order valence-electron chi connectivity index (χ1n) is 11.2. The molecule has 32 heavy (non-hydrogen) atoms. The van der Waals surface area contributed by atoms with Gasteiger partial charge in [0.2, 0.25) is 0 Å². The van der Waals surface area contributed by atoms with Crippen molar-refractivity contribution in [3.05, 3.63) is 35.9 Å². The monoisotopic (exact) mass is 448 g/mol. The molecule has 1 aromatic carbocycles. The van der Waals surface area contributed by atoms with Crippen LogP contribution in [0.5, 0.6) is 0 Å². The standard InChI is InChI=1S/C24H36N2O6/c1-19(27)30-16-8-13-26(23(29)32-24(2,3)4)17-20-11-14-25(15-12-20)22(28)31-18-21-9-6-5-7-10-21/h5-7,9-10,20H,8,11-18H2,1-4H3. The molecule has 1 aliphatic rings. The molecular formula is C24H36N2O6. The van der Waals surface area contributed by atoms with Gasteiger partial charge in [0.1, 0.15) is 12.2 Å². The normalized spacial score (nSPS) is 14.6. The van der Waals surface area contributed by atoms with Crippen LogP contribution in [0.25, 0.3) is 0 Å². The lowest BCUT2D eigenvalue weighted by molar-refractivity contribution is -0.141. The fraction of sp³-hybridized carbons (Fsp3) is 0.625. The van der Waals surface area contributed by atoms with Crippen LogP contribution in [-0.4, -0.2) is 66.3 Å². The van der Waals surface area contributed by atoms with Crippen molar-refractivity contribution >= 4 is 18.2 Å². The molecule has 1 saturated heterocycles. The molecule has 8 heteroatoms. The zero-order valence-corrected chi connectivity index (χ0v) is 19.7. The van der Waals surface area contributed by atoms with E-state index in [1.54, 1.807) is 9.80 Å². The van der Waals surface area contributed by atoms with Crippen LogP contribution in [0, 0.1) is 5.92 Å². The van der Waals surface area contributed by atoms with Gasteiger partial charge in [0.15, 0.2) is 0 Å². The molecule has 0 spiro atoms. The van der Waals surface area contributed by atoms with E-state index in [2.05, 4.69) is 0 Å². The average molecular weight is 449 g/mol. The molecular weight excluding hydrogens is 412 g/mol. The molecule has 0 N–H and O–H groups in total. The summed E-state index contributed by atoms with van der Waals surface area (Å²) in [4.78, 5) is 39.4. The zero-order valence-electron chi connectivity index (χ0n) is 19.7. The predicted molar refractivity (Wildman–Crippen MR) is 120 cm³/mol. The first kappa shape index (κ1) is 25.5. The van der Waals surface area contributed by atoms with Gasteiger partial charge >= 0.3 is 18.2 Å². The van der Waals surface area contributed by atoms with E-state index < -0.39 is 5.60 Å². The Labute approximate surface area is 190 Å². The largest absolute Gasteiger partial charge is 0.466 e. The summed E-state index contributed by atoms with van der Waals surface area (Å²) in [7, 11) is 0. The topological polar surface area (TPSA) is 85.4 Å². The summed E-state index contributed by atoms with van der Waals surface area (Å²) >= 11 is 0. The van der Waals surface area contributed by atoms with E-state index in [1.165, 1.54) is 6.92 Å². The molecule has 2 amide bonds. The van der Waals surface area contributed by atoms with Crippen molar-refractivity contribution in [3.63, 3.8) is 0 Å². The van der Waals surface area contributed by atoms with Gasteiger partial charge < -0.3 is 24.0 Å². The Morgan fingerprint density at radius 2 is 1.72 bits per heavy atom. The maximum absolute atomic E-state index is 12.7. The van der Waals surface area contributed by atoms with Gasteiger partial charge in [-0.2, -0.15) is 0 Å². The van der Waals surface area contributed by atoms with Crippen LogP contribution in [0.15, 0.2) is 30.3 Å². The number of piperidine rings is 1. The van der Waals surface area contributed by atoms with Crippen LogP contribution < -0.4 is 0 Å². The highest BCUT2D eigenvalue weighted by Crippen LogP contribution is 2.21. The van der Waals surface area contributed by atoms with E-state index in [4.69, 9.17) is 14.2 Å². The van der Waals surface area contributed by atoms with Crippen LogP contribution in [0.4, 0.5) is 9.59 Å². The third-order valence-electron chi connectivity index (χ3n) is 5.09. The number of benzene rings is 1. The van der Waals surface area contributed by atoms with Crippen molar-refractivity contribution in [2.75, 3.05) is 32.8 Å². The molecule has 0 saturated carbocycles. The minimum Gasteiger partial charge on any atom is -0.466 e. The van der Waals surface area contributed by atoms with Gasteiger partial charge in [-0.05, 0) is 51.5 Å². The molecule has 1 fully saturated rings. The minimum atomic E-state index is -0.586. The predicted octanol–water partition coefficient (Wildman–Crippen LogP) is 4.23. The number of rotatable bonds is 8. The first-order chi connectivity index (χ1) is 15.1. The van der Waals surface area contributed by atoms with Gasteiger partial charge in [0.05, 0.1) is 6.61 Å². The first-order valence-corrected chi connectivity index (χ1v) is 11.2. The van der Waals surface area contributed by atoms with Crippen molar-refractivity contribution in [1.82, 2.24) is 9.80 Å².